The summed E-state index contributed by atoms with van der Waals surface area (Å²) in [5.41, 5.74) is 2.73. The van der Waals surface area contributed by atoms with E-state index in [1.54, 1.807) is 0 Å². The van der Waals surface area contributed by atoms with Crippen LogP contribution in [0, 0.1) is 6.92 Å². The number of anilines is 1. The highest BCUT2D eigenvalue weighted by Gasteiger charge is 2.38. The van der Waals surface area contributed by atoms with Crippen LogP contribution in [0.1, 0.15) is 37.7 Å². The summed E-state index contributed by atoms with van der Waals surface area (Å²) >= 11 is 0. The summed E-state index contributed by atoms with van der Waals surface area (Å²) in [4.78, 5) is 7.00. The Hall–Kier alpha value is -1.09. The van der Waals surface area contributed by atoms with Gasteiger partial charge in [0.05, 0.1) is 11.9 Å². The predicted octanol–water partition coefficient (Wildman–Crippen LogP) is 2.50. The Bertz CT molecular complexity index is 404. The molecule has 2 unspecified atom stereocenters. The molecule has 2 aliphatic heterocycles. The Morgan fingerprint density at radius 3 is 2.61 bits per heavy atom. The smallest absolute Gasteiger partial charge is 0.0587 e. The minimum atomic E-state index is 0.702. The molecule has 0 saturated carbocycles. The maximum absolute atomic E-state index is 4.33. The maximum atomic E-state index is 4.33. The van der Waals surface area contributed by atoms with Gasteiger partial charge in [-0.1, -0.05) is 0 Å². The number of hydrogen-bond donors (Lipinski definition) is 1. The lowest BCUT2D eigenvalue weighted by Gasteiger charge is -2.50. The van der Waals surface area contributed by atoms with Crippen molar-refractivity contribution in [2.75, 3.05) is 11.9 Å². The van der Waals surface area contributed by atoms with Gasteiger partial charge in [-0.2, -0.15) is 0 Å². The van der Waals surface area contributed by atoms with Gasteiger partial charge in [0.2, 0.25) is 0 Å². The van der Waals surface area contributed by atoms with Crippen molar-refractivity contribution in [3.63, 3.8) is 0 Å². The number of nitrogens with one attached hydrogen (secondary N) is 1. The number of nitrogens with zero attached hydrogens (tertiary/aromatic N) is 2. The van der Waals surface area contributed by atoms with E-state index in [0.717, 1.165) is 0 Å². The van der Waals surface area contributed by atoms with Gasteiger partial charge in [0.15, 0.2) is 0 Å². The molecule has 0 aliphatic carbocycles. The van der Waals surface area contributed by atoms with E-state index in [1.165, 1.54) is 43.4 Å². The second-order valence-electron chi connectivity index (χ2n) is 5.76. The lowest BCUT2D eigenvalue weighted by Crippen LogP contribution is -2.56. The van der Waals surface area contributed by atoms with Crippen molar-refractivity contribution in [1.82, 2.24) is 10.3 Å². The van der Waals surface area contributed by atoms with Gasteiger partial charge >= 0.3 is 0 Å². The molecule has 3 heteroatoms. The SMILES string of the molecule is CNC1CC2CCCC(C1)N2c1cnccc1C. The van der Waals surface area contributed by atoms with Crippen LogP contribution in [0.5, 0.6) is 0 Å². The van der Waals surface area contributed by atoms with Crippen LogP contribution in [0.25, 0.3) is 0 Å². The fourth-order valence-corrected chi connectivity index (χ4v) is 3.74. The summed E-state index contributed by atoms with van der Waals surface area (Å²) in [5.74, 6) is 0. The molecule has 98 valence electrons. The van der Waals surface area contributed by atoms with Crippen molar-refractivity contribution in [2.45, 2.75) is 57.2 Å². The number of piperidine rings is 2. The fraction of sp³-hybridized carbons (Fsp3) is 0.667. The second kappa shape index (κ2) is 4.88. The van der Waals surface area contributed by atoms with Crippen LogP contribution in [0.15, 0.2) is 18.5 Å². The van der Waals surface area contributed by atoms with E-state index in [2.05, 4.69) is 41.4 Å². The molecule has 1 aromatic rings. The molecule has 2 fully saturated rings. The van der Waals surface area contributed by atoms with Crippen molar-refractivity contribution in [3.05, 3.63) is 24.0 Å². The van der Waals surface area contributed by atoms with E-state index < -0.39 is 0 Å². The Labute approximate surface area is 110 Å². The van der Waals surface area contributed by atoms with Gasteiger partial charge in [0.25, 0.3) is 0 Å². The van der Waals surface area contributed by atoms with Crippen molar-refractivity contribution < 1.29 is 0 Å². The second-order valence-corrected chi connectivity index (χ2v) is 5.76. The first-order chi connectivity index (χ1) is 8.79. The quantitative estimate of drug-likeness (QED) is 0.867. The van der Waals surface area contributed by atoms with Crippen LogP contribution in [0.2, 0.25) is 0 Å². The van der Waals surface area contributed by atoms with E-state index in [4.69, 9.17) is 0 Å². The molecule has 0 amide bonds. The van der Waals surface area contributed by atoms with E-state index in [9.17, 15) is 0 Å². The topological polar surface area (TPSA) is 28.2 Å². The van der Waals surface area contributed by atoms with Gasteiger partial charge < -0.3 is 10.2 Å². The zero-order valence-electron chi connectivity index (χ0n) is 11.4. The molecule has 2 saturated heterocycles. The van der Waals surface area contributed by atoms with Gasteiger partial charge in [0.1, 0.15) is 0 Å². The lowest BCUT2D eigenvalue weighted by atomic mass is 9.81. The third-order valence-electron chi connectivity index (χ3n) is 4.67. The third kappa shape index (κ3) is 2.01. The Morgan fingerprint density at radius 1 is 1.28 bits per heavy atom. The molecule has 0 aromatic carbocycles. The Balaban J connectivity index is 1.90. The Kier molecular flexibility index (Phi) is 3.25. The van der Waals surface area contributed by atoms with Crippen molar-refractivity contribution >= 4 is 5.69 Å². The van der Waals surface area contributed by atoms with Gasteiger partial charge in [-0.3, -0.25) is 4.98 Å². The van der Waals surface area contributed by atoms with Gasteiger partial charge in [0, 0.05) is 24.3 Å². The van der Waals surface area contributed by atoms with Gasteiger partial charge in [-0.05, 0) is 57.7 Å². The van der Waals surface area contributed by atoms with Gasteiger partial charge in [-0.25, -0.2) is 0 Å². The minimum Gasteiger partial charge on any atom is -0.364 e. The normalized spacial score (nSPS) is 31.4. The lowest BCUT2D eigenvalue weighted by molar-refractivity contribution is 0.252. The predicted molar refractivity (Wildman–Crippen MR) is 75.0 cm³/mol. The number of hydrogen-bond acceptors (Lipinski definition) is 3. The van der Waals surface area contributed by atoms with Crippen molar-refractivity contribution in [2.24, 2.45) is 0 Å². The molecule has 1 N–H and O–H groups in total. The highest BCUT2D eigenvalue weighted by atomic mass is 15.2. The molecular formula is C15H23N3. The zero-order valence-corrected chi connectivity index (χ0v) is 11.4. The number of rotatable bonds is 2. The largest absolute Gasteiger partial charge is 0.364 e. The number of fused-ring (bicyclic) bond motifs is 2. The maximum Gasteiger partial charge on any atom is 0.0587 e. The van der Waals surface area contributed by atoms with Crippen molar-refractivity contribution in [3.8, 4) is 0 Å². The van der Waals surface area contributed by atoms with E-state index >= 15 is 0 Å². The van der Waals surface area contributed by atoms with E-state index in [1.807, 2.05) is 6.20 Å². The first kappa shape index (κ1) is 12.0. The fourth-order valence-electron chi connectivity index (χ4n) is 3.74. The number of aromatic nitrogens is 1. The van der Waals surface area contributed by atoms with Crippen LogP contribution in [0.3, 0.4) is 0 Å². The highest BCUT2D eigenvalue weighted by Crippen LogP contribution is 2.38. The molecule has 1 aromatic heterocycles. The molecule has 18 heavy (non-hydrogen) atoms. The summed E-state index contributed by atoms with van der Waals surface area (Å²) in [6.45, 7) is 2.21. The first-order valence-electron chi connectivity index (χ1n) is 7.16. The average molecular weight is 245 g/mol. The Morgan fingerprint density at radius 2 is 2.00 bits per heavy atom. The highest BCUT2D eigenvalue weighted by molar-refractivity contribution is 5.53. The molecule has 0 radical (unpaired) electrons. The number of aryl methyl sites for hydroxylation is 1. The van der Waals surface area contributed by atoms with E-state index in [0.29, 0.717) is 18.1 Å². The van der Waals surface area contributed by atoms with Crippen molar-refractivity contribution in [1.29, 1.82) is 0 Å². The molecule has 0 spiro atoms. The molecule has 3 heterocycles. The summed E-state index contributed by atoms with van der Waals surface area (Å²) in [6, 6.07) is 4.25. The molecule has 2 atom stereocenters. The average Bonchev–Trinajstić information content (AvgIpc) is 2.38. The summed E-state index contributed by atoms with van der Waals surface area (Å²) in [6.07, 6.45) is 10.6. The van der Waals surface area contributed by atoms with E-state index in [-0.39, 0.29) is 0 Å². The van der Waals surface area contributed by atoms with Crippen LogP contribution < -0.4 is 10.2 Å². The molecule has 2 aliphatic rings. The van der Waals surface area contributed by atoms with Crippen LogP contribution in [-0.2, 0) is 0 Å². The van der Waals surface area contributed by atoms with Crippen LogP contribution >= 0.6 is 0 Å². The molecule has 2 bridgehead atoms. The number of pyridine rings is 1. The molecule has 3 nitrogen and oxygen atoms in total. The third-order valence-corrected chi connectivity index (χ3v) is 4.67. The summed E-state index contributed by atoms with van der Waals surface area (Å²) in [7, 11) is 2.10. The summed E-state index contributed by atoms with van der Waals surface area (Å²) < 4.78 is 0. The molecular weight excluding hydrogens is 222 g/mol. The standard InChI is InChI=1S/C15H23N3/c1-11-6-7-17-10-15(11)18-13-4-3-5-14(18)9-12(8-13)16-2/h6-7,10,12-14,16H,3-5,8-9H2,1-2H3. The van der Waals surface area contributed by atoms with Gasteiger partial charge in [-0.15, -0.1) is 0 Å². The minimum absolute atomic E-state index is 0.702. The first-order valence-corrected chi connectivity index (χ1v) is 7.16. The van der Waals surface area contributed by atoms with Crippen LogP contribution in [0.4, 0.5) is 5.69 Å². The molecule has 3 rings (SSSR count). The monoisotopic (exact) mass is 245 g/mol. The van der Waals surface area contributed by atoms with Crippen LogP contribution in [-0.4, -0.2) is 30.2 Å². The zero-order chi connectivity index (χ0) is 12.5. The summed E-state index contributed by atoms with van der Waals surface area (Å²) in [5, 5.41) is 3.48.